The maximum atomic E-state index is 5.95. The number of hydrogen-bond donors (Lipinski definition) is 3. The zero-order valence-electron chi connectivity index (χ0n) is 17.6. The summed E-state index contributed by atoms with van der Waals surface area (Å²) in [6.07, 6.45) is 3.69. The zero-order chi connectivity index (χ0) is 22.0. The number of para-hydroxylation sites is 1. The fourth-order valence-electron chi connectivity index (χ4n) is 3.80. The van der Waals surface area contributed by atoms with E-state index in [4.69, 9.17) is 14.7 Å². The molecule has 0 atom stereocenters. The number of nitrogens with zero attached hydrogens (tertiary/aromatic N) is 3. The van der Waals surface area contributed by atoms with Crippen LogP contribution in [-0.2, 0) is 6.61 Å². The van der Waals surface area contributed by atoms with Crippen LogP contribution in [0.4, 0.5) is 11.5 Å². The summed E-state index contributed by atoms with van der Waals surface area (Å²) in [7, 11) is 0. The molecule has 6 aromatic rings. The molecule has 0 unspecified atom stereocenters. The highest BCUT2D eigenvalue weighted by atomic mass is 16.5. The normalized spacial score (nSPS) is 11.2. The molecule has 0 bridgehead atoms. The van der Waals surface area contributed by atoms with Crippen molar-refractivity contribution in [3.8, 4) is 17.1 Å². The Morgan fingerprint density at radius 1 is 0.879 bits per heavy atom. The van der Waals surface area contributed by atoms with E-state index in [-0.39, 0.29) is 0 Å². The topological polar surface area (TPSA) is 91.5 Å². The fraction of sp³-hybridized carbons (Fsp3) is 0.0385. The minimum atomic E-state index is 0.471. The standard InChI is InChI=1S/C26H20N6O/c1-2-9-24-22(8-1)26(29-19-10-11-23-18(13-19)15-28-32-23)31-25(30-24)17-5-3-7-21(14-17)33-16-20-6-4-12-27-20/h1-15,27H,16H2,(H,28,32)(H,29,30,31). The Morgan fingerprint density at radius 3 is 2.79 bits per heavy atom. The van der Waals surface area contributed by atoms with Crippen LogP contribution < -0.4 is 10.1 Å². The summed E-state index contributed by atoms with van der Waals surface area (Å²) in [4.78, 5) is 12.8. The molecule has 0 spiro atoms. The van der Waals surface area contributed by atoms with Gasteiger partial charge in [-0.15, -0.1) is 0 Å². The first-order valence-electron chi connectivity index (χ1n) is 10.6. The second-order valence-corrected chi connectivity index (χ2v) is 7.72. The molecule has 3 aromatic carbocycles. The van der Waals surface area contributed by atoms with Gasteiger partial charge in [-0.2, -0.15) is 5.10 Å². The Balaban J connectivity index is 1.36. The van der Waals surface area contributed by atoms with Crippen molar-refractivity contribution in [2.75, 3.05) is 5.32 Å². The Morgan fingerprint density at radius 2 is 1.85 bits per heavy atom. The van der Waals surface area contributed by atoms with Crippen LogP contribution in [0.15, 0.2) is 91.3 Å². The van der Waals surface area contributed by atoms with Crippen molar-refractivity contribution in [2.45, 2.75) is 6.61 Å². The van der Waals surface area contributed by atoms with E-state index >= 15 is 0 Å². The smallest absolute Gasteiger partial charge is 0.162 e. The number of aromatic nitrogens is 5. The molecule has 0 aliphatic rings. The first-order valence-corrected chi connectivity index (χ1v) is 10.6. The average molecular weight is 432 g/mol. The molecule has 0 aliphatic carbocycles. The molecule has 3 heterocycles. The molecule has 0 amide bonds. The summed E-state index contributed by atoms with van der Waals surface area (Å²) in [5, 5.41) is 12.5. The summed E-state index contributed by atoms with van der Waals surface area (Å²) in [5.74, 6) is 2.14. The van der Waals surface area contributed by atoms with Crippen LogP contribution in [0, 0.1) is 0 Å². The lowest BCUT2D eigenvalue weighted by Gasteiger charge is -2.12. The first-order chi connectivity index (χ1) is 16.3. The summed E-state index contributed by atoms with van der Waals surface area (Å²) in [6, 6.07) is 25.8. The molecule has 3 N–H and O–H groups in total. The Hall–Kier alpha value is -4.65. The van der Waals surface area contributed by atoms with Crippen molar-refractivity contribution in [2.24, 2.45) is 0 Å². The van der Waals surface area contributed by atoms with Crippen molar-refractivity contribution in [1.29, 1.82) is 0 Å². The highest BCUT2D eigenvalue weighted by Gasteiger charge is 2.11. The van der Waals surface area contributed by atoms with E-state index < -0.39 is 0 Å². The van der Waals surface area contributed by atoms with Crippen molar-refractivity contribution in [1.82, 2.24) is 25.1 Å². The van der Waals surface area contributed by atoms with Gasteiger partial charge in [-0.1, -0.05) is 24.3 Å². The lowest BCUT2D eigenvalue weighted by Crippen LogP contribution is -2.00. The maximum absolute atomic E-state index is 5.95. The predicted octanol–water partition coefficient (Wildman–Crippen LogP) is 5.82. The van der Waals surface area contributed by atoms with E-state index in [2.05, 4.69) is 20.5 Å². The van der Waals surface area contributed by atoms with Crippen LogP contribution in [0.5, 0.6) is 5.75 Å². The monoisotopic (exact) mass is 432 g/mol. The van der Waals surface area contributed by atoms with Crippen LogP contribution in [-0.4, -0.2) is 25.1 Å². The van der Waals surface area contributed by atoms with Gasteiger partial charge in [0.05, 0.1) is 22.9 Å². The largest absolute Gasteiger partial charge is 0.487 e. The van der Waals surface area contributed by atoms with E-state index in [1.54, 1.807) is 0 Å². The van der Waals surface area contributed by atoms with E-state index in [9.17, 15) is 0 Å². The Labute approximate surface area is 189 Å². The first kappa shape index (κ1) is 19.1. The summed E-state index contributed by atoms with van der Waals surface area (Å²) < 4.78 is 5.95. The molecular weight excluding hydrogens is 412 g/mol. The molecule has 0 radical (unpaired) electrons. The quantitative estimate of drug-likeness (QED) is 0.308. The van der Waals surface area contributed by atoms with Gasteiger partial charge in [0.1, 0.15) is 18.2 Å². The van der Waals surface area contributed by atoms with Crippen molar-refractivity contribution in [3.05, 3.63) is 97.0 Å². The van der Waals surface area contributed by atoms with Gasteiger partial charge in [0, 0.05) is 28.2 Å². The number of anilines is 2. The fourth-order valence-corrected chi connectivity index (χ4v) is 3.80. The van der Waals surface area contributed by atoms with E-state index in [0.717, 1.165) is 50.3 Å². The number of ether oxygens (including phenoxy) is 1. The van der Waals surface area contributed by atoms with Gasteiger partial charge in [-0.05, 0) is 54.6 Å². The molecule has 3 aromatic heterocycles. The molecule has 33 heavy (non-hydrogen) atoms. The molecule has 160 valence electrons. The summed E-state index contributed by atoms with van der Waals surface area (Å²) in [6.45, 7) is 0.471. The predicted molar refractivity (Wildman–Crippen MR) is 129 cm³/mol. The number of H-pyrrole nitrogens is 2. The number of benzene rings is 3. The Kier molecular flexibility index (Phi) is 4.69. The number of nitrogens with one attached hydrogen (secondary N) is 3. The second kappa shape index (κ2) is 8.12. The molecule has 6 rings (SSSR count). The SMILES string of the molecule is c1cc(OCc2ccc[nH]2)cc(-c2nc(Nc3ccc4[nH]ncc4c3)c3ccccc3n2)c1. The number of aromatic amines is 2. The minimum Gasteiger partial charge on any atom is -0.487 e. The molecule has 0 aliphatic heterocycles. The lowest BCUT2D eigenvalue weighted by molar-refractivity contribution is 0.302. The molecule has 0 saturated heterocycles. The molecule has 0 fully saturated rings. The van der Waals surface area contributed by atoms with Gasteiger partial charge in [0.2, 0.25) is 0 Å². The number of rotatable bonds is 6. The zero-order valence-corrected chi connectivity index (χ0v) is 17.6. The van der Waals surface area contributed by atoms with E-state index in [0.29, 0.717) is 12.4 Å². The van der Waals surface area contributed by atoms with Crippen molar-refractivity contribution >= 4 is 33.3 Å². The van der Waals surface area contributed by atoms with E-state index in [1.165, 1.54) is 0 Å². The Bertz CT molecular complexity index is 1550. The van der Waals surface area contributed by atoms with Gasteiger partial charge in [-0.25, -0.2) is 9.97 Å². The summed E-state index contributed by atoms with van der Waals surface area (Å²) >= 11 is 0. The van der Waals surface area contributed by atoms with Gasteiger partial charge >= 0.3 is 0 Å². The molecule has 0 saturated carbocycles. The van der Waals surface area contributed by atoms with Crippen LogP contribution in [0.1, 0.15) is 5.69 Å². The number of fused-ring (bicyclic) bond motifs is 2. The van der Waals surface area contributed by atoms with Crippen LogP contribution >= 0.6 is 0 Å². The van der Waals surface area contributed by atoms with Crippen molar-refractivity contribution in [3.63, 3.8) is 0 Å². The average Bonchev–Trinajstić information content (AvgIpc) is 3.55. The molecular formula is C26H20N6O. The van der Waals surface area contributed by atoms with Crippen molar-refractivity contribution < 1.29 is 4.74 Å². The highest BCUT2D eigenvalue weighted by molar-refractivity contribution is 5.93. The van der Waals surface area contributed by atoms with Gasteiger partial charge in [-0.3, -0.25) is 5.10 Å². The second-order valence-electron chi connectivity index (χ2n) is 7.72. The maximum Gasteiger partial charge on any atom is 0.162 e. The number of hydrogen-bond acceptors (Lipinski definition) is 5. The van der Waals surface area contributed by atoms with Gasteiger partial charge in [0.15, 0.2) is 5.82 Å². The molecule has 7 heteroatoms. The van der Waals surface area contributed by atoms with Gasteiger partial charge < -0.3 is 15.0 Å². The van der Waals surface area contributed by atoms with Crippen LogP contribution in [0.25, 0.3) is 33.2 Å². The van der Waals surface area contributed by atoms with Crippen LogP contribution in [0.3, 0.4) is 0 Å². The van der Waals surface area contributed by atoms with Crippen LogP contribution in [0.2, 0.25) is 0 Å². The third-order valence-corrected chi connectivity index (χ3v) is 5.46. The molecule has 7 nitrogen and oxygen atoms in total. The summed E-state index contributed by atoms with van der Waals surface area (Å²) in [5.41, 5.74) is 4.69. The highest BCUT2D eigenvalue weighted by Crippen LogP contribution is 2.29. The third-order valence-electron chi connectivity index (χ3n) is 5.46. The minimum absolute atomic E-state index is 0.471. The van der Waals surface area contributed by atoms with E-state index in [1.807, 2.05) is 91.3 Å². The lowest BCUT2D eigenvalue weighted by atomic mass is 10.1. The van der Waals surface area contributed by atoms with Gasteiger partial charge in [0.25, 0.3) is 0 Å². The third kappa shape index (κ3) is 3.87.